The van der Waals surface area contributed by atoms with Crippen LogP contribution in [0.1, 0.15) is 57.4 Å². The van der Waals surface area contributed by atoms with Crippen LogP contribution in [0.25, 0.3) is 0 Å². The average Bonchev–Trinajstić information content (AvgIpc) is 2.66. The Morgan fingerprint density at radius 2 is 2.11 bits per heavy atom. The second-order valence-corrected chi connectivity index (χ2v) is 5.36. The van der Waals surface area contributed by atoms with Gasteiger partial charge in [0.15, 0.2) is 0 Å². The molecule has 1 aliphatic rings. The van der Waals surface area contributed by atoms with Gasteiger partial charge in [0.25, 0.3) is 0 Å². The van der Waals surface area contributed by atoms with Crippen LogP contribution in [-0.2, 0) is 0 Å². The van der Waals surface area contributed by atoms with Crippen molar-refractivity contribution in [2.24, 2.45) is 0 Å². The zero-order chi connectivity index (χ0) is 13.5. The van der Waals surface area contributed by atoms with Gasteiger partial charge in [0, 0.05) is 12.2 Å². The second kappa shape index (κ2) is 7.49. The fourth-order valence-corrected chi connectivity index (χ4v) is 3.04. The van der Waals surface area contributed by atoms with Gasteiger partial charge in [-0.2, -0.15) is 0 Å². The van der Waals surface area contributed by atoms with Crippen molar-refractivity contribution in [2.75, 3.05) is 13.2 Å². The highest BCUT2D eigenvalue weighted by Gasteiger charge is 2.21. The molecule has 1 fully saturated rings. The number of rotatable bonds is 5. The molecule has 0 amide bonds. The molecule has 2 unspecified atom stereocenters. The smallest absolute Gasteiger partial charge is 0.137 e. The third-order valence-electron chi connectivity index (χ3n) is 3.93. The lowest BCUT2D eigenvalue weighted by Gasteiger charge is -2.21. The molecule has 1 aromatic rings. The second-order valence-electron chi connectivity index (χ2n) is 5.36. The van der Waals surface area contributed by atoms with Crippen molar-refractivity contribution in [2.45, 2.75) is 57.9 Å². The van der Waals surface area contributed by atoms with E-state index in [0.717, 1.165) is 12.3 Å². The minimum atomic E-state index is 0.624. The fourth-order valence-electron chi connectivity index (χ4n) is 3.04. The Morgan fingerprint density at radius 3 is 2.89 bits per heavy atom. The van der Waals surface area contributed by atoms with Crippen LogP contribution in [0.5, 0.6) is 5.75 Å². The molecule has 1 aliphatic carbocycles. The van der Waals surface area contributed by atoms with Gasteiger partial charge < -0.3 is 10.1 Å². The van der Waals surface area contributed by atoms with E-state index in [9.17, 15) is 0 Å². The number of pyridine rings is 1. The van der Waals surface area contributed by atoms with Crippen molar-refractivity contribution in [1.82, 2.24) is 10.3 Å². The van der Waals surface area contributed by atoms with Gasteiger partial charge in [-0.15, -0.1) is 0 Å². The first-order valence-electron chi connectivity index (χ1n) is 7.64. The number of nitrogens with zero attached hydrogens (tertiary/aromatic N) is 1. The van der Waals surface area contributed by atoms with Crippen LogP contribution >= 0.6 is 0 Å². The first-order chi connectivity index (χ1) is 9.33. The van der Waals surface area contributed by atoms with Crippen molar-refractivity contribution >= 4 is 0 Å². The number of ether oxygens (including phenoxy) is 1. The van der Waals surface area contributed by atoms with Gasteiger partial charge in [-0.05, 0) is 50.3 Å². The zero-order valence-electron chi connectivity index (χ0n) is 12.2. The molecule has 106 valence electrons. The van der Waals surface area contributed by atoms with Crippen LogP contribution in [0, 0.1) is 0 Å². The lowest BCUT2D eigenvalue weighted by Crippen LogP contribution is -2.29. The Morgan fingerprint density at radius 1 is 1.26 bits per heavy atom. The van der Waals surface area contributed by atoms with E-state index in [1.165, 1.54) is 37.7 Å². The minimum Gasteiger partial charge on any atom is -0.492 e. The molecule has 0 radical (unpaired) electrons. The third kappa shape index (κ3) is 4.20. The molecule has 0 spiro atoms. The molecule has 0 aliphatic heterocycles. The quantitative estimate of drug-likeness (QED) is 0.825. The number of hydrogen-bond donors (Lipinski definition) is 1. The van der Waals surface area contributed by atoms with Crippen molar-refractivity contribution in [3.05, 3.63) is 24.0 Å². The summed E-state index contributed by atoms with van der Waals surface area (Å²) in [6.45, 7) is 5.97. The van der Waals surface area contributed by atoms with Crippen molar-refractivity contribution < 1.29 is 4.74 Å². The third-order valence-corrected chi connectivity index (χ3v) is 3.93. The van der Waals surface area contributed by atoms with Crippen LogP contribution in [0.2, 0.25) is 0 Å². The van der Waals surface area contributed by atoms with E-state index >= 15 is 0 Å². The standard InChI is InChI=1S/C16H26N2O/c1-3-18-15-8-6-5-7-13(9-15)14-10-16(19-4-2)12-17-11-14/h10-13,15,18H,3-9H2,1-2H3. The molecule has 0 saturated heterocycles. The predicted molar refractivity (Wildman–Crippen MR) is 78.7 cm³/mol. The topological polar surface area (TPSA) is 34.2 Å². The summed E-state index contributed by atoms with van der Waals surface area (Å²) in [7, 11) is 0. The van der Waals surface area contributed by atoms with E-state index in [-0.39, 0.29) is 0 Å². The minimum absolute atomic E-state index is 0.624. The Balaban J connectivity index is 2.07. The Labute approximate surface area is 116 Å². The lowest BCUT2D eigenvalue weighted by atomic mass is 9.91. The molecule has 0 aromatic carbocycles. The predicted octanol–water partition coefficient (Wildman–Crippen LogP) is 3.51. The van der Waals surface area contributed by atoms with Crippen LogP contribution in [-0.4, -0.2) is 24.2 Å². The van der Waals surface area contributed by atoms with Crippen LogP contribution < -0.4 is 10.1 Å². The van der Waals surface area contributed by atoms with Crippen LogP contribution in [0.4, 0.5) is 0 Å². The molecule has 2 atom stereocenters. The van der Waals surface area contributed by atoms with Gasteiger partial charge in [0.2, 0.25) is 0 Å². The van der Waals surface area contributed by atoms with E-state index in [1.807, 2.05) is 19.3 Å². The Bertz CT molecular complexity index is 381. The Hall–Kier alpha value is -1.09. The van der Waals surface area contributed by atoms with Crippen LogP contribution in [0.3, 0.4) is 0 Å². The summed E-state index contributed by atoms with van der Waals surface area (Å²) in [6, 6.07) is 2.84. The van der Waals surface area contributed by atoms with E-state index in [4.69, 9.17) is 4.74 Å². The monoisotopic (exact) mass is 262 g/mol. The summed E-state index contributed by atoms with van der Waals surface area (Å²) in [5, 5.41) is 3.61. The highest BCUT2D eigenvalue weighted by atomic mass is 16.5. The number of aromatic nitrogens is 1. The number of hydrogen-bond acceptors (Lipinski definition) is 3. The Kier molecular flexibility index (Phi) is 5.64. The van der Waals surface area contributed by atoms with Gasteiger partial charge in [-0.25, -0.2) is 0 Å². The maximum absolute atomic E-state index is 5.56. The average molecular weight is 262 g/mol. The normalized spacial score (nSPS) is 23.9. The van der Waals surface area contributed by atoms with E-state index in [1.54, 1.807) is 0 Å². The van der Waals surface area contributed by atoms with Crippen molar-refractivity contribution in [1.29, 1.82) is 0 Å². The van der Waals surface area contributed by atoms with Gasteiger partial charge >= 0.3 is 0 Å². The summed E-state index contributed by atoms with van der Waals surface area (Å²) in [5.74, 6) is 1.53. The molecule has 2 rings (SSSR count). The first kappa shape index (κ1) is 14.3. The molecule has 1 saturated carbocycles. The SMILES string of the molecule is CCNC1CCCCC(c2cncc(OCC)c2)C1. The molecular formula is C16H26N2O. The van der Waals surface area contributed by atoms with Gasteiger partial charge in [-0.1, -0.05) is 19.8 Å². The van der Waals surface area contributed by atoms with Crippen molar-refractivity contribution in [3.8, 4) is 5.75 Å². The maximum Gasteiger partial charge on any atom is 0.137 e. The van der Waals surface area contributed by atoms with E-state index < -0.39 is 0 Å². The highest BCUT2D eigenvalue weighted by molar-refractivity contribution is 5.26. The zero-order valence-corrected chi connectivity index (χ0v) is 12.2. The molecule has 0 bridgehead atoms. The molecule has 1 aromatic heterocycles. The molecule has 19 heavy (non-hydrogen) atoms. The van der Waals surface area contributed by atoms with Gasteiger partial charge in [-0.3, -0.25) is 4.98 Å². The summed E-state index contributed by atoms with van der Waals surface area (Å²) < 4.78 is 5.56. The molecular weight excluding hydrogens is 236 g/mol. The highest BCUT2D eigenvalue weighted by Crippen LogP contribution is 2.32. The summed E-state index contributed by atoms with van der Waals surface area (Å²) in [4.78, 5) is 4.33. The largest absolute Gasteiger partial charge is 0.492 e. The van der Waals surface area contributed by atoms with Crippen molar-refractivity contribution in [3.63, 3.8) is 0 Å². The maximum atomic E-state index is 5.56. The molecule has 3 nitrogen and oxygen atoms in total. The van der Waals surface area contributed by atoms with Gasteiger partial charge in [0.1, 0.15) is 5.75 Å². The molecule has 3 heteroatoms. The summed E-state index contributed by atoms with van der Waals surface area (Å²) >= 11 is 0. The van der Waals surface area contributed by atoms with E-state index in [2.05, 4.69) is 23.3 Å². The summed E-state index contributed by atoms with van der Waals surface area (Å²) in [6.07, 6.45) is 10.3. The summed E-state index contributed by atoms with van der Waals surface area (Å²) in [5.41, 5.74) is 1.34. The molecule has 1 heterocycles. The fraction of sp³-hybridized carbons (Fsp3) is 0.688. The lowest BCUT2D eigenvalue weighted by molar-refractivity contribution is 0.337. The van der Waals surface area contributed by atoms with Crippen LogP contribution in [0.15, 0.2) is 18.5 Å². The van der Waals surface area contributed by atoms with E-state index in [0.29, 0.717) is 18.6 Å². The molecule has 1 N–H and O–H groups in total. The number of nitrogens with one attached hydrogen (secondary N) is 1. The van der Waals surface area contributed by atoms with Gasteiger partial charge in [0.05, 0.1) is 12.8 Å². The first-order valence-corrected chi connectivity index (χ1v) is 7.64.